The Morgan fingerprint density at radius 3 is 2.65 bits per heavy atom. The molecule has 0 aliphatic heterocycles. The predicted octanol–water partition coefficient (Wildman–Crippen LogP) is 3.93. The topological polar surface area (TPSA) is 37.8 Å². The minimum Gasteiger partial charge on any atom is -0.319 e. The van der Waals surface area contributed by atoms with Gasteiger partial charge >= 0.3 is 0 Å². The summed E-state index contributed by atoms with van der Waals surface area (Å²) < 4.78 is 1.06. The van der Waals surface area contributed by atoms with Crippen molar-refractivity contribution in [2.75, 3.05) is 13.6 Å². The van der Waals surface area contributed by atoms with Gasteiger partial charge in [-0.15, -0.1) is 0 Å². The smallest absolute Gasteiger partial charge is 0.133 e. The molecule has 3 nitrogen and oxygen atoms in total. The molecule has 0 saturated heterocycles. The van der Waals surface area contributed by atoms with E-state index in [-0.39, 0.29) is 0 Å². The molecule has 0 radical (unpaired) electrons. The molecule has 1 atom stereocenters. The fourth-order valence-electron chi connectivity index (χ4n) is 2.25. The van der Waals surface area contributed by atoms with Crippen LogP contribution >= 0.6 is 15.9 Å². The van der Waals surface area contributed by atoms with Crippen LogP contribution in [0.15, 0.2) is 34.8 Å². The van der Waals surface area contributed by atoms with Gasteiger partial charge in [0, 0.05) is 28.2 Å². The summed E-state index contributed by atoms with van der Waals surface area (Å²) in [6.07, 6.45) is 1.03. The van der Waals surface area contributed by atoms with Gasteiger partial charge in [-0.05, 0) is 32.5 Å². The number of rotatable bonds is 5. The lowest BCUT2D eigenvalue weighted by molar-refractivity contribution is 0.579. The maximum atomic E-state index is 4.77. The number of benzene rings is 1. The SMILES string of the molecule is CCC(CNC)c1nc(C)cc(-c2ccccc2Br)n1. The van der Waals surface area contributed by atoms with Crippen LogP contribution in [-0.2, 0) is 0 Å². The fourth-order valence-corrected chi connectivity index (χ4v) is 2.73. The molecule has 1 unspecified atom stereocenters. The van der Waals surface area contributed by atoms with E-state index >= 15 is 0 Å². The normalized spacial score (nSPS) is 12.4. The van der Waals surface area contributed by atoms with E-state index in [1.165, 1.54) is 0 Å². The Hall–Kier alpha value is -1.26. The summed E-state index contributed by atoms with van der Waals surface area (Å²) in [6, 6.07) is 10.2. The van der Waals surface area contributed by atoms with Crippen molar-refractivity contribution in [3.05, 3.63) is 46.3 Å². The van der Waals surface area contributed by atoms with Crippen LogP contribution in [0.4, 0.5) is 0 Å². The second kappa shape index (κ2) is 6.95. The Balaban J connectivity index is 2.46. The standard InChI is InChI=1S/C16H20BrN3/c1-4-12(10-18-3)16-19-11(2)9-15(20-16)13-7-5-6-8-14(13)17/h5-9,12,18H,4,10H2,1-3H3. The maximum Gasteiger partial charge on any atom is 0.133 e. The van der Waals surface area contributed by atoms with Gasteiger partial charge in [0.2, 0.25) is 0 Å². The molecule has 1 N–H and O–H groups in total. The number of aromatic nitrogens is 2. The lowest BCUT2D eigenvalue weighted by atomic mass is 10.0. The van der Waals surface area contributed by atoms with E-state index in [2.05, 4.69) is 39.2 Å². The van der Waals surface area contributed by atoms with Crippen LogP contribution in [0.25, 0.3) is 11.3 Å². The number of likely N-dealkylation sites (N-methyl/N-ethyl adjacent to an activating group) is 1. The highest BCUT2D eigenvalue weighted by molar-refractivity contribution is 9.10. The van der Waals surface area contributed by atoms with Crippen LogP contribution in [0, 0.1) is 6.92 Å². The van der Waals surface area contributed by atoms with Crippen molar-refractivity contribution in [2.24, 2.45) is 0 Å². The molecule has 1 aromatic carbocycles. The zero-order valence-electron chi connectivity index (χ0n) is 12.2. The lowest BCUT2D eigenvalue weighted by Gasteiger charge is -2.15. The van der Waals surface area contributed by atoms with E-state index in [9.17, 15) is 0 Å². The van der Waals surface area contributed by atoms with Crippen LogP contribution in [0.3, 0.4) is 0 Å². The molecule has 1 aromatic heterocycles. The Morgan fingerprint density at radius 1 is 1.25 bits per heavy atom. The van der Waals surface area contributed by atoms with Crippen molar-refractivity contribution in [1.29, 1.82) is 0 Å². The maximum absolute atomic E-state index is 4.77. The number of nitrogens with zero attached hydrogens (tertiary/aromatic N) is 2. The first-order valence-corrected chi connectivity index (χ1v) is 7.70. The third kappa shape index (κ3) is 3.44. The monoisotopic (exact) mass is 333 g/mol. The molecule has 2 rings (SSSR count). The first-order chi connectivity index (χ1) is 9.65. The highest BCUT2D eigenvalue weighted by Crippen LogP contribution is 2.28. The Bertz CT molecular complexity index is 584. The summed E-state index contributed by atoms with van der Waals surface area (Å²) in [7, 11) is 1.97. The van der Waals surface area contributed by atoms with Crippen LogP contribution < -0.4 is 5.32 Å². The van der Waals surface area contributed by atoms with E-state index in [4.69, 9.17) is 4.98 Å². The number of hydrogen-bond donors (Lipinski definition) is 1. The van der Waals surface area contributed by atoms with Gasteiger partial charge in [-0.2, -0.15) is 0 Å². The van der Waals surface area contributed by atoms with E-state index in [0.717, 1.165) is 40.2 Å². The van der Waals surface area contributed by atoms with Gasteiger partial charge in [-0.1, -0.05) is 41.1 Å². The fraction of sp³-hybridized carbons (Fsp3) is 0.375. The molecule has 0 bridgehead atoms. The molecule has 0 spiro atoms. The van der Waals surface area contributed by atoms with Gasteiger partial charge in [0.25, 0.3) is 0 Å². The predicted molar refractivity (Wildman–Crippen MR) is 86.9 cm³/mol. The van der Waals surface area contributed by atoms with Gasteiger partial charge in [0.15, 0.2) is 0 Å². The minimum absolute atomic E-state index is 0.348. The quantitative estimate of drug-likeness (QED) is 0.900. The first-order valence-electron chi connectivity index (χ1n) is 6.90. The number of aryl methyl sites for hydroxylation is 1. The average Bonchev–Trinajstić information content (AvgIpc) is 2.44. The van der Waals surface area contributed by atoms with Crippen LogP contribution in [0.1, 0.15) is 30.8 Å². The molecule has 106 valence electrons. The van der Waals surface area contributed by atoms with Crippen molar-refractivity contribution in [1.82, 2.24) is 15.3 Å². The molecule has 0 aliphatic carbocycles. The summed E-state index contributed by atoms with van der Waals surface area (Å²) in [5.74, 6) is 1.27. The average molecular weight is 334 g/mol. The molecule has 0 fully saturated rings. The van der Waals surface area contributed by atoms with E-state index in [1.54, 1.807) is 0 Å². The minimum atomic E-state index is 0.348. The number of hydrogen-bond acceptors (Lipinski definition) is 3. The highest BCUT2D eigenvalue weighted by Gasteiger charge is 2.14. The van der Waals surface area contributed by atoms with Crippen LogP contribution in [0.2, 0.25) is 0 Å². The summed E-state index contributed by atoms with van der Waals surface area (Å²) >= 11 is 3.59. The molecular formula is C16H20BrN3. The van der Waals surface area contributed by atoms with Crippen molar-refractivity contribution >= 4 is 15.9 Å². The summed E-state index contributed by atoms with van der Waals surface area (Å²) in [5.41, 5.74) is 3.10. The zero-order chi connectivity index (χ0) is 14.5. The molecule has 0 saturated carbocycles. The largest absolute Gasteiger partial charge is 0.319 e. The summed E-state index contributed by atoms with van der Waals surface area (Å²) in [6.45, 7) is 5.10. The molecule has 20 heavy (non-hydrogen) atoms. The third-order valence-corrected chi connectivity index (χ3v) is 4.02. The van der Waals surface area contributed by atoms with Gasteiger partial charge in [-0.25, -0.2) is 9.97 Å². The second-order valence-electron chi connectivity index (χ2n) is 4.90. The van der Waals surface area contributed by atoms with E-state index in [0.29, 0.717) is 5.92 Å². The molecule has 1 heterocycles. The number of nitrogens with one attached hydrogen (secondary N) is 1. The highest BCUT2D eigenvalue weighted by atomic mass is 79.9. The second-order valence-corrected chi connectivity index (χ2v) is 5.75. The van der Waals surface area contributed by atoms with Crippen molar-refractivity contribution in [2.45, 2.75) is 26.2 Å². The third-order valence-electron chi connectivity index (χ3n) is 3.33. The number of halogens is 1. The van der Waals surface area contributed by atoms with Gasteiger partial charge < -0.3 is 5.32 Å². The summed E-state index contributed by atoms with van der Waals surface area (Å²) in [5, 5.41) is 3.22. The molecule has 4 heteroatoms. The molecular weight excluding hydrogens is 314 g/mol. The first kappa shape index (κ1) is 15.1. The van der Waals surface area contributed by atoms with E-state index in [1.807, 2.05) is 38.2 Å². The van der Waals surface area contributed by atoms with Crippen molar-refractivity contribution in [3.63, 3.8) is 0 Å². The summed E-state index contributed by atoms with van der Waals surface area (Å²) in [4.78, 5) is 9.39. The van der Waals surface area contributed by atoms with Crippen molar-refractivity contribution in [3.8, 4) is 11.3 Å². The van der Waals surface area contributed by atoms with Crippen LogP contribution in [0.5, 0.6) is 0 Å². The van der Waals surface area contributed by atoms with E-state index < -0.39 is 0 Å². The molecule has 0 amide bonds. The Morgan fingerprint density at radius 2 is 2.00 bits per heavy atom. The molecule has 0 aliphatic rings. The van der Waals surface area contributed by atoms with Gasteiger partial charge in [0.1, 0.15) is 5.82 Å². The molecule has 2 aromatic rings. The van der Waals surface area contributed by atoms with Gasteiger partial charge in [0.05, 0.1) is 5.69 Å². The Labute approximate surface area is 129 Å². The lowest BCUT2D eigenvalue weighted by Crippen LogP contribution is -2.19. The Kier molecular flexibility index (Phi) is 5.26. The van der Waals surface area contributed by atoms with Crippen molar-refractivity contribution < 1.29 is 0 Å². The van der Waals surface area contributed by atoms with Gasteiger partial charge in [-0.3, -0.25) is 0 Å². The zero-order valence-corrected chi connectivity index (χ0v) is 13.7. The van der Waals surface area contributed by atoms with Crippen LogP contribution in [-0.4, -0.2) is 23.6 Å².